The average Bonchev–Trinajstić information content (AvgIpc) is 3.14. The molecule has 7 aromatic rings. The third-order valence-corrected chi connectivity index (χ3v) is 8.75. The van der Waals surface area contributed by atoms with Gasteiger partial charge in [0.25, 0.3) is 0 Å². The van der Waals surface area contributed by atoms with E-state index in [0.29, 0.717) is 0 Å². The van der Waals surface area contributed by atoms with Crippen LogP contribution in [-0.2, 0) is 0 Å². The largest absolute Gasteiger partial charge is 0.314 e. The van der Waals surface area contributed by atoms with Gasteiger partial charge in [0.2, 0.25) is 0 Å². The Balaban J connectivity index is 0.000000180. The van der Waals surface area contributed by atoms with E-state index in [1.807, 2.05) is 18.2 Å². The Bertz CT molecular complexity index is 2120. The molecule has 0 heterocycles. The summed E-state index contributed by atoms with van der Waals surface area (Å²) < 4.78 is 0. The Morgan fingerprint density at radius 3 is 1.60 bits per heavy atom. The third-order valence-electron chi connectivity index (χ3n) is 8.75. The summed E-state index contributed by atoms with van der Waals surface area (Å²) >= 11 is 0. The first-order valence-electron chi connectivity index (χ1n) is 16.8. The molecule has 0 unspecified atom stereocenters. The average molecular weight is 622 g/mol. The highest BCUT2D eigenvalue weighted by molar-refractivity contribution is 5.97. The number of benzene rings is 7. The van der Waals surface area contributed by atoms with E-state index in [2.05, 4.69) is 189 Å². The van der Waals surface area contributed by atoms with E-state index in [9.17, 15) is 0 Å². The van der Waals surface area contributed by atoms with E-state index in [0.717, 1.165) is 12.8 Å². The van der Waals surface area contributed by atoms with Crippen molar-refractivity contribution in [1.29, 1.82) is 0 Å². The molecule has 0 N–H and O–H groups in total. The van der Waals surface area contributed by atoms with Gasteiger partial charge in [0, 0.05) is 16.8 Å². The molecule has 0 aromatic heterocycles. The van der Waals surface area contributed by atoms with Crippen LogP contribution in [0.15, 0.2) is 188 Å². The fourth-order valence-electron chi connectivity index (χ4n) is 6.11. The summed E-state index contributed by atoms with van der Waals surface area (Å²) in [5.41, 5.74) is 10.2. The number of allylic oxidation sites excluding steroid dienone is 4. The van der Waals surface area contributed by atoms with Crippen molar-refractivity contribution in [2.75, 3.05) is 4.90 Å². The summed E-state index contributed by atoms with van der Waals surface area (Å²) in [7, 11) is 0. The first-order valence-corrected chi connectivity index (χ1v) is 16.8. The van der Waals surface area contributed by atoms with Crippen LogP contribution in [0.5, 0.6) is 0 Å². The zero-order valence-electron chi connectivity index (χ0n) is 28.2. The van der Waals surface area contributed by atoms with Crippen LogP contribution < -0.4 is 4.90 Å². The predicted molar refractivity (Wildman–Crippen MR) is 209 cm³/mol. The summed E-state index contributed by atoms with van der Waals surface area (Å²) in [6, 6.07) is 58.0. The second kappa shape index (κ2) is 15.8. The van der Waals surface area contributed by atoms with Crippen molar-refractivity contribution in [2.45, 2.75) is 33.6 Å². The molecule has 1 heteroatoms. The molecule has 0 amide bonds. The molecule has 0 aliphatic heterocycles. The minimum atomic E-state index is 1.04. The minimum absolute atomic E-state index is 1.04. The SMILES string of the molecule is Cc1ccc(-c2ccc(N(C3=CC=CCC3)c3cccc4ccccc34)cc2)cc1.Cc1cccc2ccccc12.Cc1ccccc1. The molecule has 1 aliphatic carbocycles. The van der Waals surface area contributed by atoms with Crippen molar-refractivity contribution < 1.29 is 0 Å². The molecule has 8 rings (SSSR count). The van der Waals surface area contributed by atoms with Crippen molar-refractivity contribution in [1.82, 2.24) is 0 Å². The van der Waals surface area contributed by atoms with Gasteiger partial charge in [0.15, 0.2) is 0 Å². The highest BCUT2D eigenvalue weighted by atomic mass is 15.1. The Morgan fingerprint density at radius 1 is 0.458 bits per heavy atom. The van der Waals surface area contributed by atoms with Crippen LogP contribution in [0.3, 0.4) is 0 Å². The molecular weight excluding hydrogens is 579 g/mol. The van der Waals surface area contributed by atoms with Crippen molar-refractivity contribution in [2.24, 2.45) is 0 Å². The number of rotatable bonds is 4. The maximum absolute atomic E-state index is 2.42. The second-order valence-corrected chi connectivity index (χ2v) is 12.3. The molecule has 0 atom stereocenters. The molecular formula is C47H43N. The van der Waals surface area contributed by atoms with Gasteiger partial charge in [0.1, 0.15) is 0 Å². The normalized spacial score (nSPS) is 11.9. The summed E-state index contributed by atoms with van der Waals surface area (Å²) in [5, 5.41) is 5.23. The van der Waals surface area contributed by atoms with Crippen LogP contribution in [0.4, 0.5) is 11.4 Å². The van der Waals surface area contributed by atoms with Crippen LogP contribution in [0.1, 0.15) is 29.5 Å². The summed E-state index contributed by atoms with van der Waals surface area (Å²) in [6.45, 7) is 6.35. The lowest BCUT2D eigenvalue weighted by molar-refractivity contribution is 0.919. The predicted octanol–water partition coefficient (Wildman–Crippen LogP) is 13.3. The lowest BCUT2D eigenvalue weighted by Gasteiger charge is -2.30. The molecule has 0 bridgehead atoms. The maximum Gasteiger partial charge on any atom is 0.0536 e. The molecule has 0 spiro atoms. The topological polar surface area (TPSA) is 3.24 Å². The number of fused-ring (bicyclic) bond motifs is 2. The smallest absolute Gasteiger partial charge is 0.0536 e. The van der Waals surface area contributed by atoms with Gasteiger partial charge in [-0.05, 0) is 90.7 Å². The molecule has 0 saturated carbocycles. The zero-order chi connectivity index (χ0) is 33.1. The zero-order valence-corrected chi connectivity index (χ0v) is 28.2. The lowest BCUT2D eigenvalue weighted by Crippen LogP contribution is -2.17. The number of aryl methyl sites for hydroxylation is 3. The van der Waals surface area contributed by atoms with Gasteiger partial charge in [-0.3, -0.25) is 0 Å². The van der Waals surface area contributed by atoms with E-state index < -0.39 is 0 Å². The third kappa shape index (κ3) is 8.00. The quantitative estimate of drug-likeness (QED) is 0.189. The van der Waals surface area contributed by atoms with E-state index in [4.69, 9.17) is 0 Å². The number of nitrogens with zero attached hydrogens (tertiary/aromatic N) is 1. The van der Waals surface area contributed by atoms with E-state index in [-0.39, 0.29) is 0 Å². The van der Waals surface area contributed by atoms with E-state index in [1.54, 1.807) is 0 Å². The maximum atomic E-state index is 2.42. The van der Waals surface area contributed by atoms with Crippen LogP contribution in [0.2, 0.25) is 0 Å². The lowest BCUT2D eigenvalue weighted by atomic mass is 10.0. The summed E-state index contributed by atoms with van der Waals surface area (Å²) in [5.74, 6) is 0. The van der Waals surface area contributed by atoms with Gasteiger partial charge >= 0.3 is 0 Å². The minimum Gasteiger partial charge on any atom is -0.314 e. The summed E-state index contributed by atoms with van der Waals surface area (Å²) in [4.78, 5) is 2.42. The number of anilines is 2. The summed E-state index contributed by atoms with van der Waals surface area (Å²) in [6.07, 6.45) is 8.79. The highest BCUT2D eigenvalue weighted by Crippen LogP contribution is 2.38. The molecule has 0 radical (unpaired) electrons. The molecule has 1 nitrogen and oxygen atoms in total. The van der Waals surface area contributed by atoms with Gasteiger partial charge in [-0.25, -0.2) is 0 Å². The van der Waals surface area contributed by atoms with Crippen LogP contribution in [-0.4, -0.2) is 0 Å². The van der Waals surface area contributed by atoms with Gasteiger partial charge in [0.05, 0.1) is 5.69 Å². The standard InChI is InChI=1S/C29H25N.C11H10.C7H8/c1-22-14-16-23(17-15-22)24-18-20-27(21-19-24)30(26-10-3-2-4-11-26)29-13-7-9-25-8-5-6-12-28(25)29;1-9-5-4-7-10-6-2-3-8-11(9)10;1-7-5-3-2-4-6-7/h2-3,5-10,12-21H,4,11H2,1H3;2-8H,1H3;2-6H,1H3. The monoisotopic (exact) mass is 621 g/mol. The second-order valence-electron chi connectivity index (χ2n) is 12.3. The Labute approximate surface area is 286 Å². The fourth-order valence-corrected chi connectivity index (χ4v) is 6.11. The molecule has 48 heavy (non-hydrogen) atoms. The van der Waals surface area contributed by atoms with Crippen molar-refractivity contribution in [3.05, 3.63) is 204 Å². The molecule has 7 aromatic carbocycles. The van der Waals surface area contributed by atoms with Crippen molar-refractivity contribution in [3.8, 4) is 11.1 Å². The van der Waals surface area contributed by atoms with Gasteiger partial charge < -0.3 is 4.90 Å². The number of hydrogen-bond donors (Lipinski definition) is 0. The Morgan fingerprint density at radius 2 is 1.00 bits per heavy atom. The van der Waals surface area contributed by atoms with Crippen LogP contribution in [0, 0.1) is 20.8 Å². The Kier molecular flexibility index (Phi) is 10.6. The Hall–Kier alpha value is -5.66. The van der Waals surface area contributed by atoms with Crippen molar-refractivity contribution in [3.63, 3.8) is 0 Å². The number of hydrogen-bond acceptors (Lipinski definition) is 1. The van der Waals surface area contributed by atoms with Gasteiger partial charge in [-0.15, -0.1) is 0 Å². The molecule has 1 aliphatic rings. The molecule has 236 valence electrons. The first-order chi connectivity index (χ1) is 23.6. The van der Waals surface area contributed by atoms with Crippen LogP contribution >= 0.6 is 0 Å². The fraction of sp³-hybridized carbons (Fsp3) is 0.106. The van der Waals surface area contributed by atoms with E-state index in [1.165, 1.54) is 66.4 Å². The van der Waals surface area contributed by atoms with Gasteiger partial charge in [-0.1, -0.05) is 169 Å². The molecule has 0 fully saturated rings. The van der Waals surface area contributed by atoms with E-state index >= 15 is 0 Å². The van der Waals surface area contributed by atoms with Crippen molar-refractivity contribution >= 4 is 32.9 Å². The highest BCUT2D eigenvalue weighted by Gasteiger charge is 2.17. The van der Waals surface area contributed by atoms with Crippen LogP contribution in [0.25, 0.3) is 32.7 Å². The van der Waals surface area contributed by atoms with Gasteiger partial charge in [-0.2, -0.15) is 0 Å². The molecule has 0 saturated heterocycles. The first kappa shape index (κ1) is 32.3.